The highest BCUT2D eigenvalue weighted by molar-refractivity contribution is 6.18. The number of aliphatic hydroxyl groups is 1. The highest BCUT2D eigenvalue weighted by Crippen LogP contribution is 2.39. The summed E-state index contributed by atoms with van der Waals surface area (Å²) >= 11 is 0. The largest absolute Gasteiger partial charge is 0.465 e. The zero-order chi connectivity index (χ0) is 18.8. The van der Waals surface area contributed by atoms with E-state index in [-0.39, 0.29) is 19.3 Å². The van der Waals surface area contributed by atoms with Gasteiger partial charge in [-0.25, -0.2) is 17.6 Å². The molecule has 1 aliphatic carbocycles. The summed E-state index contributed by atoms with van der Waals surface area (Å²) in [5.41, 5.74) is -1.95. The van der Waals surface area contributed by atoms with Crippen molar-refractivity contribution in [2.75, 3.05) is 13.2 Å². The lowest BCUT2D eigenvalue weighted by Crippen LogP contribution is -2.30. The number of Topliss-reactive ketones (excluding diaryl/α,β-unsaturated/α-hetero) is 1. The maximum Gasteiger partial charge on any atom is 0.322 e. The number of hydrogen-bond acceptors (Lipinski definition) is 5. The third kappa shape index (κ3) is 3.87. The molecule has 0 bridgehead atoms. The first-order valence-corrected chi connectivity index (χ1v) is 7.46. The Labute approximate surface area is 140 Å². The lowest BCUT2D eigenvalue weighted by atomic mass is 9.97. The van der Waals surface area contributed by atoms with Crippen molar-refractivity contribution < 1.29 is 37.0 Å². The van der Waals surface area contributed by atoms with Gasteiger partial charge in [0.25, 0.3) is 0 Å². The van der Waals surface area contributed by atoms with Gasteiger partial charge in [0.15, 0.2) is 35.0 Å². The summed E-state index contributed by atoms with van der Waals surface area (Å²) < 4.78 is 58.2. The van der Waals surface area contributed by atoms with Crippen LogP contribution >= 0.6 is 0 Å². The van der Waals surface area contributed by atoms with Crippen molar-refractivity contribution in [2.45, 2.75) is 25.3 Å². The van der Waals surface area contributed by atoms with Gasteiger partial charge >= 0.3 is 5.97 Å². The molecule has 0 radical (unpaired) electrons. The summed E-state index contributed by atoms with van der Waals surface area (Å²) in [6.07, 6.45) is 1.91. The zero-order valence-electron chi connectivity index (χ0n) is 13.2. The minimum absolute atomic E-state index is 0.101. The molecule has 1 aromatic rings. The quantitative estimate of drug-likeness (QED) is 0.154. The Kier molecular flexibility index (Phi) is 5.56. The molecule has 0 aromatic heterocycles. The molecule has 2 rings (SSSR count). The number of carbonyl (C=O) groups excluding carboxylic acids is 2. The molecule has 0 saturated heterocycles. The molecule has 1 aliphatic rings. The fourth-order valence-electron chi connectivity index (χ4n) is 2.09. The Bertz CT molecular complexity index is 731. The third-order valence-electron chi connectivity index (χ3n) is 3.81. The topological polar surface area (TPSA) is 76.0 Å². The van der Waals surface area contributed by atoms with Crippen LogP contribution in [0, 0.1) is 29.2 Å². The first kappa shape index (κ1) is 19.0. The molecular formula is C16H15F4NO4. The van der Waals surface area contributed by atoms with E-state index in [1.807, 2.05) is 0 Å². The second kappa shape index (κ2) is 7.30. The SMILES string of the molecule is CCOC(=O)C(C=NC1(CO)CC1)C(=O)c1cc(F)c(F)c(F)c1F. The molecule has 1 saturated carbocycles. The molecule has 5 nitrogen and oxygen atoms in total. The zero-order valence-corrected chi connectivity index (χ0v) is 13.2. The number of rotatable bonds is 7. The monoisotopic (exact) mass is 361 g/mol. The Morgan fingerprint density at radius 2 is 1.92 bits per heavy atom. The minimum Gasteiger partial charge on any atom is -0.465 e. The highest BCUT2D eigenvalue weighted by atomic mass is 19.2. The number of nitrogens with zero attached hydrogens (tertiary/aromatic N) is 1. The molecule has 1 N–H and O–H groups in total. The molecule has 1 atom stereocenters. The van der Waals surface area contributed by atoms with Crippen molar-refractivity contribution in [3.05, 3.63) is 34.9 Å². The van der Waals surface area contributed by atoms with Crippen molar-refractivity contribution in [1.29, 1.82) is 0 Å². The fraction of sp³-hybridized carbons (Fsp3) is 0.438. The van der Waals surface area contributed by atoms with Crippen LogP contribution in [0.1, 0.15) is 30.1 Å². The predicted octanol–water partition coefficient (Wildman–Crippen LogP) is 2.20. The van der Waals surface area contributed by atoms with Gasteiger partial charge < -0.3 is 9.84 Å². The number of aliphatic imine (C=N–C) groups is 1. The number of hydrogen-bond donors (Lipinski definition) is 1. The van der Waals surface area contributed by atoms with Crippen LogP contribution in [0.25, 0.3) is 0 Å². The molecule has 25 heavy (non-hydrogen) atoms. The maximum absolute atomic E-state index is 13.8. The van der Waals surface area contributed by atoms with Gasteiger partial charge in [0, 0.05) is 6.21 Å². The molecule has 1 unspecified atom stereocenters. The molecule has 0 aliphatic heterocycles. The molecule has 0 heterocycles. The average molecular weight is 361 g/mol. The summed E-state index contributed by atoms with van der Waals surface area (Å²) in [7, 11) is 0. The number of carbonyl (C=O) groups is 2. The second-order valence-corrected chi connectivity index (χ2v) is 5.60. The maximum atomic E-state index is 13.8. The van der Waals surface area contributed by atoms with Crippen LogP contribution in [0.4, 0.5) is 17.6 Å². The summed E-state index contributed by atoms with van der Waals surface area (Å²) in [6.45, 7) is 1.04. The lowest BCUT2D eigenvalue weighted by Gasteiger charge is -2.13. The molecule has 1 aromatic carbocycles. The molecular weight excluding hydrogens is 346 g/mol. The molecule has 9 heteroatoms. The van der Waals surface area contributed by atoms with E-state index < -0.39 is 52.0 Å². The van der Waals surface area contributed by atoms with Crippen molar-refractivity contribution in [3.63, 3.8) is 0 Å². The van der Waals surface area contributed by atoms with Crippen molar-refractivity contribution in [3.8, 4) is 0 Å². The van der Waals surface area contributed by atoms with E-state index in [9.17, 15) is 32.3 Å². The highest BCUT2D eigenvalue weighted by Gasteiger charge is 2.42. The Hall–Kier alpha value is -2.29. The standard InChI is InChI=1S/C16H15F4NO4/c1-2-25-15(24)9(6-21-16(7-22)3-4-16)14(23)8-5-10(17)12(19)13(20)11(8)18/h5-6,9,22H,2-4,7H2,1H3. The number of esters is 1. The van der Waals surface area contributed by atoms with Gasteiger partial charge in [0.1, 0.15) is 0 Å². The normalized spacial score (nSPS) is 16.7. The Morgan fingerprint density at radius 1 is 1.28 bits per heavy atom. The van der Waals surface area contributed by atoms with Crippen LogP contribution in [0.5, 0.6) is 0 Å². The lowest BCUT2D eigenvalue weighted by molar-refractivity contribution is -0.144. The third-order valence-corrected chi connectivity index (χ3v) is 3.81. The number of ether oxygens (including phenoxy) is 1. The molecule has 1 fully saturated rings. The van der Waals surface area contributed by atoms with E-state index in [4.69, 9.17) is 4.74 Å². The van der Waals surface area contributed by atoms with Crippen LogP contribution in [-0.4, -0.2) is 41.8 Å². The van der Waals surface area contributed by atoms with Crippen molar-refractivity contribution in [1.82, 2.24) is 0 Å². The van der Waals surface area contributed by atoms with Crippen LogP contribution < -0.4 is 0 Å². The van der Waals surface area contributed by atoms with Crippen molar-refractivity contribution >= 4 is 18.0 Å². The number of benzene rings is 1. The van der Waals surface area contributed by atoms with E-state index in [0.717, 1.165) is 6.21 Å². The van der Waals surface area contributed by atoms with Gasteiger partial charge in [-0.3, -0.25) is 14.6 Å². The van der Waals surface area contributed by atoms with E-state index in [0.29, 0.717) is 12.8 Å². The molecule has 0 amide bonds. The summed E-state index contributed by atoms with van der Waals surface area (Å²) in [4.78, 5) is 28.3. The van der Waals surface area contributed by atoms with Gasteiger partial charge in [-0.2, -0.15) is 0 Å². The first-order chi connectivity index (χ1) is 11.8. The van der Waals surface area contributed by atoms with Gasteiger partial charge in [-0.1, -0.05) is 0 Å². The van der Waals surface area contributed by atoms with Crippen LogP contribution in [0.3, 0.4) is 0 Å². The Morgan fingerprint density at radius 3 is 2.44 bits per heavy atom. The van der Waals surface area contributed by atoms with E-state index in [2.05, 4.69) is 4.99 Å². The summed E-state index contributed by atoms with van der Waals surface area (Å²) in [5, 5.41) is 9.20. The smallest absolute Gasteiger partial charge is 0.322 e. The summed E-state index contributed by atoms with van der Waals surface area (Å²) in [6, 6.07) is 0.176. The summed E-state index contributed by atoms with van der Waals surface area (Å²) in [5.74, 6) is -12.1. The van der Waals surface area contributed by atoms with Crippen LogP contribution in [0.15, 0.2) is 11.1 Å². The fourth-order valence-corrected chi connectivity index (χ4v) is 2.09. The van der Waals surface area contributed by atoms with E-state index in [1.54, 1.807) is 0 Å². The Balaban J connectivity index is 2.40. The van der Waals surface area contributed by atoms with Crippen molar-refractivity contribution in [2.24, 2.45) is 10.9 Å². The van der Waals surface area contributed by atoms with Crippen LogP contribution in [-0.2, 0) is 9.53 Å². The van der Waals surface area contributed by atoms with Gasteiger partial charge in [0.05, 0.1) is 24.3 Å². The minimum atomic E-state index is -2.16. The number of halogens is 4. The van der Waals surface area contributed by atoms with Crippen LogP contribution in [0.2, 0.25) is 0 Å². The number of aliphatic hydroxyl groups excluding tert-OH is 1. The molecule has 136 valence electrons. The molecule has 0 spiro atoms. The average Bonchev–Trinajstić information content (AvgIpc) is 3.37. The van der Waals surface area contributed by atoms with E-state index in [1.165, 1.54) is 6.92 Å². The van der Waals surface area contributed by atoms with Gasteiger partial charge in [-0.15, -0.1) is 0 Å². The number of ketones is 1. The van der Waals surface area contributed by atoms with Gasteiger partial charge in [0.2, 0.25) is 0 Å². The predicted molar refractivity (Wildman–Crippen MR) is 78.3 cm³/mol. The first-order valence-electron chi connectivity index (χ1n) is 7.46. The van der Waals surface area contributed by atoms with E-state index >= 15 is 0 Å². The van der Waals surface area contributed by atoms with Gasteiger partial charge in [-0.05, 0) is 25.8 Å². The second-order valence-electron chi connectivity index (χ2n) is 5.60.